The predicted molar refractivity (Wildman–Crippen MR) is 57.4 cm³/mol. The van der Waals surface area contributed by atoms with Crippen LogP contribution in [0.5, 0.6) is 0 Å². The Balaban J connectivity index is 2.01. The quantitative estimate of drug-likeness (QED) is 0.534. The van der Waals surface area contributed by atoms with Crippen molar-refractivity contribution in [2.75, 3.05) is 13.2 Å². The largest absolute Gasteiger partial charge is 0.464 e. The van der Waals surface area contributed by atoms with E-state index in [-0.39, 0.29) is 24.7 Å². The SMILES string of the molecule is CCCCOC(=O)COC1CCC(N)C1. The third kappa shape index (κ3) is 5.14. The minimum atomic E-state index is -0.260. The van der Waals surface area contributed by atoms with E-state index in [0.29, 0.717) is 6.61 Å². The van der Waals surface area contributed by atoms with E-state index in [1.54, 1.807) is 0 Å². The van der Waals surface area contributed by atoms with Crippen LogP contribution < -0.4 is 5.73 Å². The molecule has 2 unspecified atom stereocenters. The Bertz CT molecular complexity index is 196. The molecule has 2 N–H and O–H groups in total. The molecule has 0 aromatic heterocycles. The summed E-state index contributed by atoms with van der Waals surface area (Å²) in [7, 11) is 0. The number of ether oxygens (including phenoxy) is 2. The number of carbonyl (C=O) groups excluding carboxylic acids is 1. The zero-order valence-corrected chi connectivity index (χ0v) is 9.41. The van der Waals surface area contributed by atoms with Crippen LogP contribution in [0.1, 0.15) is 39.0 Å². The minimum Gasteiger partial charge on any atom is -0.464 e. The first-order valence-corrected chi connectivity index (χ1v) is 5.75. The van der Waals surface area contributed by atoms with Crippen LogP contribution >= 0.6 is 0 Å². The molecular weight excluding hydrogens is 194 g/mol. The van der Waals surface area contributed by atoms with Gasteiger partial charge in [-0.3, -0.25) is 0 Å². The Kier molecular flexibility index (Phi) is 5.65. The molecule has 0 spiro atoms. The van der Waals surface area contributed by atoms with Gasteiger partial charge >= 0.3 is 5.97 Å². The lowest BCUT2D eigenvalue weighted by Gasteiger charge is -2.10. The number of rotatable bonds is 6. The van der Waals surface area contributed by atoms with Gasteiger partial charge in [0, 0.05) is 6.04 Å². The van der Waals surface area contributed by atoms with Crippen molar-refractivity contribution in [1.29, 1.82) is 0 Å². The van der Waals surface area contributed by atoms with Crippen molar-refractivity contribution < 1.29 is 14.3 Å². The molecule has 0 aromatic rings. The molecule has 2 atom stereocenters. The predicted octanol–water partition coefficient (Wildman–Crippen LogP) is 1.23. The standard InChI is InChI=1S/C11H21NO3/c1-2-3-6-14-11(13)8-15-10-5-4-9(12)7-10/h9-10H,2-8,12H2,1H3. The minimum absolute atomic E-state index is 0.0705. The highest BCUT2D eigenvalue weighted by molar-refractivity contribution is 5.70. The molecule has 1 rings (SSSR count). The van der Waals surface area contributed by atoms with E-state index in [0.717, 1.165) is 32.1 Å². The molecule has 0 saturated heterocycles. The van der Waals surface area contributed by atoms with E-state index < -0.39 is 0 Å². The first-order valence-electron chi connectivity index (χ1n) is 5.75. The molecule has 0 aromatic carbocycles. The van der Waals surface area contributed by atoms with Crippen LogP contribution in [-0.4, -0.2) is 31.3 Å². The Labute approximate surface area is 91.1 Å². The fourth-order valence-corrected chi connectivity index (χ4v) is 1.68. The Morgan fingerprint density at radius 1 is 1.47 bits per heavy atom. The number of nitrogens with two attached hydrogens (primary N) is 1. The van der Waals surface area contributed by atoms with Crippen molar-refractivity contribution in [3.8, 4) is 0 Å². The van der Waals surface area contributed by atoms with Crippen molar-refractivity contribution in [3.05, 3.63) is 0 Å². The van der Waals surface area contributed by atoms with Gasteiger partial charge in [-0.2, -0.15) is 0 Å². The lowest BCUT2D eigenvalue weighted by molar-refractivity contribution is -0.151. The summed E-state index contributed by atoms with van der Waals surface area (Å²) in [6.07, 6.45) is 4.92. The number of hydrogen-bond donors (Lipinski definition) is 1. The maximum Gasteiger partial charge on any atom is 0.332 e. The summed E-state index contributed by atoms with van der Waals surface area (Å²) in [5, 5.41) is 0. The van der Waals surface area contributed by atoms with Gasteiger partial charge in [-0.25, -0.2) is 4.79 Å². The summed E-state index contributed by atoms with van der Waals surface area (Å²) in [6.45, 7) is 2.63. The van der Waals surface area contributed by atoms with Gasteiger partial charge in [0.2, 0.25) is 0 Å². The van der Waals surface area contributed by atoms with E-state index in [1.807, 2.05) is 0 Å². The van der Waals surface area contributed by atoms with Crippen LogP contribution in [0.15, 0.2) is 0 Å². The normalized spacial score (nSPS) is 25.5. The summed E-state index contributed by atoms with van der Waals surface area (Å²) in [4.78, 5) is 11.2. The molecule has 88 valence electrons. The fourth-order valence-electron chi connectivity index (χ4n) is 1.68. The van der Waals surface area contributed by atoms with Crippen LogP contribution in [0.2, 0.25) is 0 Å². The molecule has 1 fully saturated rings. The zero-order valence-electron chi connectivity index (χ0n) is 9.41. The highest BCUT2D eigenvalue weighted by Gasteiger charge is 2.22. The monoisotopic (exact) mass is 215 g/mol. The van der Waals surface area contributed by atoms with Crippen LogP contribution in [0.4, 0.5) is 0 Å². The van der Waals surface area contributed by atoms with E-state index in [2.05, 4.69) is 6.92 Å². The highest BCUT2D eigenvalue weighted by Crippen LogP contribution is 2.20. The summed E-state index contributed by atoms with van der Waals surface area (Å²) < 4.78 is 10.4. The fraction of sp³-hybridized carbons (Fsp3) is 0.909. The van der Waals surface area contributed by atoms with Crippen LogP contribution in [0, 0.1) is 0 Å². The molecule has 0 radical (unpaired) electrons. The second-order valence-electron chi connectivity index (χ2n) is 4.08. The third-order valence-electron chi connectivity index (χ3n) is 2.62. The Morgan fingerprint density at radius 3 is 2.87 bits per heavy atom. The highest BCUT2D eigenvalue weighted by atomic mass is 16.6. The maximum absolute atomic E-state index is 11.2. The van der Waals surface area contributed by atoms with E-state index in [1.165, 1.54) is 0 Å². The molecule has 1 aliphatic rings. The van der Waals surface area contributed by atoms with Crippen LogP contribution in [-0.2, 0) is 14.3 Å². The van der Waals surface area contributed by atoms with Gasteiger partial charge in [0.15, 0.2) is 0 Å². The maximum atomic E-state index is 11.2. The molecular formula is C11H21NO3. The van der Waals surface area contributed by atoms with Gasteiger partial charge < -0.3 is 15.2 Å². The molecule has 1 saturated carbocycles. The van der Waals surface area contributed by atoms with Crippen molar-refractivity contribution in [2.45, 2.75) is 51.2 Å². The molecule has 4 heteroatoms. The van der Waals surface area contributed by atoms with E-state index in [9.17, 15) is 4.79 Å². The number of hydrogen-bond acceptors (Lipinski definition) is 4. The molecule has 4 nitrogen and oxygen atoms in total. The van der Waals surface area contributed by atoms with Crippen LogP contribution in [0.25, 0.3) is 0 Å². The number of unbranched alkanes of at least 4 members (excludes halogenated alkanes) is 1. The Hall–Kier alpha value is -0.610. The zero-order chi connectivity index (χ0) is 11.1. The van der Waals surface area contributed by atoms with E-state index >= 15 is 0 Å². The second kappa shape index (κ2) is 6.80. The molecule has 0 amide bonds. The first kappa shape index (κ1) is 12.5. The second-order valence-corrected chi connectivity index (χ2v) is 4.08. The van der Waals surface area contributed by atoms with Crippen molar-refractivity contribution >= 4 is 5.97 Å². The Morgan fingerprint density at radius 2 is 2.27 bits per heavy atom. The molecule has 1 aliphatic carbocycles. The van der Waals surface area contributed by atoms with Gasteiger partial charge in [0.1, 0.15) is 6.61 Å². The van der Waals surface area contributed by atoms with Crippen LogP contribution in [0.3, 0.4) is 0 Å². The molecule has 0 aliphatic heterocycles. The smallest absolute Gasteiger partial charge is 0.332 e. The lowest BCUT2D eigenvalue weighted by Crippen LogP contribution is -2.21. The van der Waals surface area contributed by atoms with Gasteiger partial charge in [0.05, 0.1) is 12.7 Å². The molecule has 0 bridgehead atoms. The lowest BCUT2D eigenvalue weighted by atomic mass is 10.3. The summed E-state index contributed by atoms with van der Waals surface area (Å²) >= 11 is 0. The summed E-state index contributed by atoms with van der Waals surface area (Å²) in [5.41, 5.74) is 5.73. The summed E-state index contributed by atoms with van der Waals surface area (Å²) in [6, 6.07) is 0.242. The first-order chi connectivity index (χ1) is 7.22. The van der Waals surface area contributed by atoms with Gasteiger partial charge in [0.25, 0.3) is 0 Å². The van der Waals surface area contributed by atoms with Crippen molar-refractivity contribution in [1.82, 2.24) is 0 Å². The number of carbonyl (C=O) groups is 1. The third-order valence-corrected chi connectivity index (χ3v) is 2.62. The average Bonchev–Trinajstić information content (AvgIpc) is 2.62. The molecule has 15 heavy (non-hydrogen) atoms. The van der Waals surface area contributed by atoms with Crippen molar-refractivity contribution in [2.24, 2.45) is 5.73 Å². The van der Waals surface area contributed by atoms with Gasteiger partial charge in [-0.05, 0) is 25.7 Å². The average molecular weight is 215 g/mol. The topological polar surface area (TPSA) is 61.5 Å². The van der Waals surface area contributed by atoms with Gasteiger partial charge in [-0.1, -0.05) is 13.3 Å². The summed E-state index contributed by atoms with van der Waals surface area (Å²) in [5.74, 6) is -0.260. The van der Waals surface area contributed by atoms with E-state index in [4.69, 9.17) is 15.2 Å². The number of esters is 1. The van der Waals surface area contributed by atoms with Crippen molar-refractivity contribution in [3.63, 3.8) is 0 Å². The molecule has 0 heterocycles. The van der Waals surface area contributed by atoms with Gasteiger partial charge in [-0.15, -0.1) is 0 Å².